The SMILES string of the molecule is CCOC(=O)C1CCN(C(=O)OC(C)(C)C)CC1c1ccc(F)cc1. The van der Waals surface area contributed by atoms with Gasteiger partial charge in [-0.25, -0.2) is 9.18 Å². The monoisotopic (exact) mass is 351 g/mol. The number of rotatable bonds is 3. The third-order valence-electron chi connectivity index (χ3n) is 4.15. The molecular weight excluding hydrogens is 325 g/mol. The zero-order valence-electron chi connectivity index (χ0n) is 15.3. The second kappa shape index (κ2) is 7.85. The Balaban J connectivity index is 2.21. The van der Waals surface area contributed by atoms with Crippen molar-refractivity contribution in [3.63, 3.8) is 0 Å². The Morgan fingerprint density at radius 3 is 2.44 bits per heavy atom. The standard InChI is InChI=1S/C19H26FNO4/c1-5-24-17(22)15-10-11-21(18(23)25-19(2,3)4)12-16(15)13-6-8-14(20)9-7-13/h6-9,15-16H,5,10-12H2,1-4H3. The number of hydrogen-bond donors (Lipinski definition) is 0. The molecule has 0 aliphatic carbocycles. The molecular formula is C19H26FNO4. The van der Waals surface area contributed by atoms with E-state index in [-0.39, 0.29) is 23.6 Å². The van der Waals surface area contributed by atoms with E-state index in [9.17, 15) is 14.0 Å². The molecule has 25 heavy (non-hydrogen) atoms. The van der Waals surface area contributed by atoms with E-state index in [0.717, 1.165) is 5.56 Å². The molecule has 1 aliphatic heterocycles. The number of halogens is 1. The van der Waals surface area contributed by atoms with Gasteiger partial charge in [0.2, 0.25) is 0 Å². The summed E-state index contributed by atoms with van der Waals surface area (Å²) in [5, 5.41) is 0. The van der Waals surface area contributed by atoms with Gasteiger partial charge in [0.25, 0.3) is 0 Å². The van der Waals surface area contributed by atoms with Gasteiger partial charge in [-0.15, -0.1) is 0 Å². The molecule has 6 heteroatoms. The number of carbonyl (C=O) groups is 2. The summed E-state index contributed by atoms with van der Waals surface area (Å²) in [5.74, 6) is -1.22. The molecule has 5 nitrogen and oxygen atoms in total. The Bertz CT molecular complexity index is 609. The van der Waals surface area contributed by atoms with E-state index < -0.39 is 11.7 Å². The van der Waals surface area contributed by atoms with Gasteiger partial charge in [0.1, 0.15) is 11.4 Å². The van der Waals surface area contributed by atoms with E-state index in [2.05, 4.69) is 0 Å². The maximum atomic E-state index is 13.2. The summed E-state index contributed by atoms with van der Waals surface area (Å²) in [4.78, 5) is 26.3. The minimum Gasteiger partial charge on any atom is -0.466 e. The van der Waals surface area contributed by atoms with E-state index in [1.54, 1.807) is 24.0 Å². The van der Waals surface area contributed by atoms with Gasteiger partial charge in [-0.1, -0.05) is 12.1 Å². The topological polar surface area (TPSA) is 55.8 Å². The number of carbonyl (C=O) groups excluding carboxylic acids is 2. The van der Waals surface area contributed by atoms with Crippen LogP contribution < -0.4 is 0 Å². The van der Waals surface area contributed by atoms with Gasteiger partial charge < -0.3 is 14.4 Å². The lowest BCUT2D eigenvalue weighted by atomic mass is 9.81. The number of esters is 1. The van der Waals surface area contributed by atoms with Crippen LogP contribution in [0.2, 0.25) is 0 Å². The summed E-state index contributed by atoms with van der Waals surface area (Å²) in [6.45, 7) is 8.27. The molecule has 2 unspecified atom stereocenters. The fraction of sp³-hybridized carbons (Fsp3) is 0.579. The largest absolute Gasteiger partial charge is 0.466 e. The van der Waals surface area contributed by atoms with Crippen LogP contribution in [0.25, 0.3) is 0 Å². The van der Waals surface area contributed by atoms with Crippen molar-refractivity contribution in [2.75, 3.05) is 19.7 Å². The van der Waals surface area contributed by atoms with Gasteiger partial charge >= 0.3 is 12.1 Å². The molecule has 0 saturated carbocycles. The van der Waals surface area contributed by atoms with Crippen LogP contribution in [0.3, 0.4) is 0 Å². The molecule has 0 radical (unpaired) electrons. The van der Waals surface area contributed by atoms with Crippen LogP contribution in [-0.2, 0) is 14.3 Å². The number of likely N-dealkylation sites (tertiary alicyclic amines) is 1. The fourth-order valence-electron chi connectivity index (χ4n) is 3.02. The average molecular weight is 351 g/mol. The van der Waals surface area contributed by atoms with E-state index in [0.29, 0.717) is 26.1 Å². The minimum absolute atomic E-state index is 0.249. The Hall–Kier alpha value is -2.11. The van der Waals surface area contributed by atoms with Crippen LogP contribution in [0.5, 0.6) is 0 Å². The highest BCUT2D eigenvalue weighted by Gasteiger charge is 2.38. The number of benzene rings is 1. The lowest BCUT2D eigenvalue weighted by molar-refractivity contribution is -0.150. The molecule has 0 spiro atoms. The van der Waals surface area contributed by atoms with Crippen LogP contribution >= 0.6 is 0 Å². The summed E-state index contributed by atoms with van der Waals surface area (Å²) in [6, 6.07) is 6.05. The Morgan fingerprint density at radius 2 is 1.88 bits per heavy atom. The molecule has 2 rings (SSSR count). The first-order chi connectivity index (χ1) is 11.7. The van der Waals surface area contributed by atoms with Gasteiger partial charge in [-0.2, -0.15) is 0 Å². The van der Waals surface area contributed by atoms with E-state index in [1.807, 2.05) is 20.8 Å². The maximum absolute atomic E-state index is 13.2. The van der Waals surface area contributed by atoms with Crippen LogP contribution in [0, 0.1) is 11.7 Å². The van der Waals surface area contributed by atoms with Crippen LogP contribution in [0.4, 0.5) is 9.18 Å². The van der Waals surface area contributed by atoms with Crippen molar-refractivity contribution in [3.8, 4) is 0 Å². The molecule has 1 saturated heterocycles. The van der Waals surface area contributed by atoms with E-state index >= 15 is 0 Å². The number of ether oxygens (including phenoxy) is 2. The van der Waals surface area contributed by atoms with Crippen molar-refractivity contribution in [2.24, 2.45) is 5.92 Å². The summed E-state index contributed by atoms with van der Waals surface area (Å²) >= 11 is 0. The molecule has 0 N–H and O–H groups in total. The second-order valence-corrected chi connectivity index (χ2v) is 7.23. The first-order valence-corrected chi connectivity index (χ1v) is 8.61. The predicted molar refractivity (Wildman–Crippen MR) is 91.7 cm³/mol. The third-order valence-corrected chi connectivity index (χ3v) is 4.15. The van der Waals surface area contributed by atoms with Gasteiger partial charge in [-0.3, -0.25) is 4.79 Å². The second-order valence-electron chi connectivity index (χ2n) is 7.23. The molecule has 1 fully saturated rings. The molecule has 2 atom stereocenters. The number of amides is 1. The van der Waals surface area contributed by atoms with Crippen LogP contribution in [0.1, 0.15) is 45.6 Å². The number of piperidine rings is 1. The summed E-state index contributed by atoms with van der Waals surface area (Å²) in [7, 11) is 0. The Labute approximate surface area is 148 Å². The number of nitrogens with zero attached hydrogens (tertiary/aromatic N) is 1. The zero-order chi connectivity index (χ0) is 18.6. The van der Waals surface area contributed by atoms with Gasteiger partial charge in [0.05, 0.1) is 12.5 Å². The predicted octanol–water partition coefficient (Wildman–Crippen LogP) is 3.73. The fourth-order valence-corrected chi connectivity index (χ4v) is 3.02. The van der Waals surface area contributed by atoms with Crippen molar-refractivity contribution in [2.45, 2.75) is 45.6 Å². The van der Waals surface area contributed by atoms with Crippen molar-refractivity contribution >= 4 is 12.1 Å². The van der Waals surface area contributed by atoms with Crippen LogP contribution in [-0.4, -0.2) is 42.3 Å². The smallest absolute Gasteiger partial charge is 0.410 e. The molecule has 1 heterocycles. The summed E-state index contributed by atoms with van der Waals surface area (Å²) < 4.78 is 23.9. The zero-order valence-corrected chi connectivity index (χ0v) is 15.3. The average Bonchev–Trinajstić information content (AvgIpc) is 2.53. The highest BCUT2D eigenvalue weighted by atomic mass is 19.1. The third kappa shape index (κ3) is 5.18. The maximum Gasteiger partial charge on any atom is 0.410 e. The van der Waals surface area contributed by atoms with Crippen molar-refractivity contribution in [3.05, 3.63) is 35.6 Å². The van der Waals surface area contributed by atoms with Crippen molar-refractivity contribution in [1.29, 1.82) is 0 Å². The molecule has 1 aliphatic rings. The highest BCUT2D eigenvalue weighted by molar-refractivity contribution is 5.75. The Morgan fingerprint density at radius 1 is 1.24 bits per heavy atom. The molecule has 1 aromatic rings. The van der Waals surface area contributed by atoms with Gasteiger partial charge in [0, 0.05) is 19.0 Å². The molecule has 1 aromatic carbocycles. The lowest BCUT2D eigenvalue weighted by Gasteiger charge is -2.38. The summed E-state index contributed by atoms with van der Waals surface area (Å²) in [6.07, 6.45) is 0.0852. The molecule has 0 bridgehead atoms. The summed E-state index contributed by atoms with van der Waals surface area (Å²) in [5.41, 5.74) is 0.230. The highest BCUT2D eigenvalue weighted by Crippen LogP contribution is 2.34. The number of hydrogen-bond acceptors (Lipinski definition) is 4. The first kappa shape index (κ1) is 19.2. The molecule has 1 amide bonds. The normalized spacial score (nSPS) is 20.9. The quantitative estimate of drug-likeness (QED) is 0.779. The van der Waals surface area contributed by atoms with Crippen molar-refractivity contribution < 1.29 is 23.5 Å². The van der Waals surface area contributed by atoms with Gasteiger partial charge in [-0.05, 0) is 51.8 Å². The van der Waals surface area contributed by atoms with Crippen molar-refractivity contribution in [1.82, 2.24) is 4.90 Å². The minimum atomic E-state index is -0.583. The molecule has 138 valence electrons. The Kier molecular flexibility index (Phi) is 6.03. The van der Waals surface area contributed by atoms with Crippen LogP contribution in [0.15, 0.2) is 24.3 Å². The van der Waals surface area contributed by atoms with Gasteiger partial charge in [0.15, 0.2) is 0 Å². The van der Waals surface area contributed by atoms with E-state index in [1.165, 1.54) is 12.1 Å². The first-order valence-electron chi connectivity index (χ1n) is 8.61. The lowest BCUT2D eigenvalue weighted by Crippen LogP contribution is -2.47. The van der Waals surface area contributed by atoms with E-state index in [4.69, 9.17) is 9.47 Å². The molecule has 0 aromatic heterocycles.